The van der Waals surface area contributed by atoms with Crippen LogP contribution in [0.2, 0.25) is 0 Å². The monoisotopic (exact) mass is 472 g/mol. The lowest BCUT2D eigenvalue weighted by Crippen LogP contribution is -2.51. The van der Waals surface area contributed by atoms with Gasteiger partial charge in [-0.05, 0) is 42.0 Å². The van der Waals surface area contributed by atoms with Crippen molar-refractivity contribution in [2.75, 3.05) is 31.2 Å². The lowest BCUT2D eigenvalue weighted by molar-refractivity contribution is -0.126. The first-order chi connectivity index (χ1) is 14.5. The third-order valence-corrected chi connectivity index (χ3v) is 5.86. The maximum absolute atomic E-state index is 13.1. The Morgan fingerprint density at radius 3 is 2.30 bits per heavy atom. The largest absolute Gasteiger partial charge is 0.335 e. The van der Waals surface area contributed by atoms with Gasteiger partial charge in [0.05, 0.1) is 5.69 Å². The number of hydrogen-bond acceptors (Lipinski definition) is 4. The smallest absolute Gasteiger partial charge is 0.270 e. The van der Waals surface area contributed by atoms with E-state index in [1.54, 1.807) is 29.2 Å². The Bertz CT molecular complexity index is 954. The van der Waals surface area contributed by atoms with E-state index in [4.69, 9.17) is 0 Å². The molecule has 0 saturated carbocycles. The summed E-state index contributed by atoms with van der Waals surface area (Å²) in [6, 6.07) is 13.8. The molecule has 156 valence electrons. The van der Waals surface area contributed by atoms with E-state index in [0.717, 1.165) is 29.7 Å². The minimum Gasteiger partial charge on any atom is -0.335 e. The van der Waals surface area contributed by atoms with Gasteiger partial charge in [-0.25, -0.2) is 9.40 Å². The van der Waals surface area contributed by atoms with Crippen LogP contribution >= 0.6 is 15.9 Å². The zero-order chi connectivity index (χ0) is 21.1. The fourth-order valence-corrected chi connectivity index (χ4v) is 3.90. The summed E-state index contributed by atoms with van der Waals surface area (Å²) in [7, 11) is 0. The average Bonchev–Trinajstić information content (AvgIpc) is 2.76. The highest BCUT2D eigenvalue weighted by molar-refractivity contribution is 9.10. The molecule has 2 aromatic carbocycles. The number of hydrazone groups is 1. The SMILES string of the molecule is O=C(C1=NN(c2ccc(Br)cc2)C(=O)CC1)N1CCN(Cc2ccc(F)cc2)CC1. The van der Waals surface area contributed by atoms with E-state index in [9.17, 15) is 14.0 Å². The molecule has 2 amide bonds. The number of benzene rings is 2. The minimum absolute atomic E-state index is 0.106. The lowest BCUT2D eigenvalue weighted by Gasteiger charge is -2.35. The highest BCUT2D eigenvalue weighted by Crippen LogP contribution is 2.23. The number of hydrogen-bond donors (Lipinski definition) is 0. The number of rotatable bonds is 4. The molecule has 0 aliphatic carbocycles. The van der Waals surface area contributed by atoms with Gasteiger partial charge in [0.2, 0.25) is 5.91 Å². The molecular weight excluding hydrogens is 451 g/mol. The van der Waals surface area contributed by atoms with E-state index in [2.05, 4.69) is 25.9 Å². The third kappa shape index (κ3) is 4.76. The van der Waals surface area contributed by atoms with E-state index < -0.39 is 0 Å². The third-order valence-electron chi connectivity index (χ3n) is 5.33. The average molecular weight is 473 g/mol. The summed E-state index contributed by atoms with van der Waals surface area (Å²) >= 11 is 3.38. The fourth-order valence-electron chi connectivity index (χ4n) is 3.63. The molecule has 8 heteroatoms. The summed E-state index contributed by atoms with van der Waals surface area (Å²) in [5.41, 5.74) is 2.12. The summed E-state index contributed by atoms with van der Waals surface area (Å²) in [5.74, 6) is -0.456. The van der Waals surface area contributed by atoms with Crippen molar-refractivity contribution in [2.24, 2.45) is 5.10 Å². The Hall–Kier alpha value is -2.58. The van der Waals surface area contributed by atoms with E-state index in [1.165, 1.54) is 17.1 Å². The maximum Gasteiger partial charge on any atom is 0.270 e. The summed E-state index contributed by atoms with van der Waals surface area (Å²) in [5, 5.41) is 5.71. The fraction of sp³-hybridized carbons (Fsp3) is 0.318. The Morgan fingerprint density at radius 2 is 1.63 bits per heavy atom. The predicted octanol–water partition coefficient (Wildman–Crippen LogP) is 3.42. The summed E-state index contributed by atoms with van der Waals surface area (Å²) in [6.07, 6.45) is 0.631. The van der Waals surface area contributed by atoms with Crippen LogP contribution in [0.1, 0.15) is 18.4 Å². The molecule has 0 radical (unpaired) electrons. The Morgan fingerprint density at radius 1 is 0.967 bits per heavy atom. The Balaban J connectivity index is 1.38. The Labute approximate surface area is 183 Å². The lowest BCUT2D eigenvalue weighted by atomic mass is 10.1. The van der Waals surface area contributed by atoms with Crippen molar-refractivity contribution in [3.05, 3.63) is 64.4 Å². The highest BCUT2D eigenvalue weighted by atomic mass is 79.9. The van der Waals surface area contributed by atoms with Crippen LogP contribution in [0.4, 0.5) is 10.1 Å². The molecule has 2 aromatic rings. The van der Waals surface area contributed by atoms with Crippen LogP contribution in [0.3, 0.4) is 0 Å². The molecule has 30 heavy (non-hydrogen) atoms. The standard InChI is InChI=1S/C22H22BrFN4O2/c23-17-3-7-19(8-4-17)28-21(29)10-9-20(25-28)22(30)27-13-11-26(12-14-27)15-16-1-5-18(24)6-2-16/h1-8H,9-15H2. The molecule has 0 unspecified atom stereocenters. The minimum atomic E-state index is -0.238. The maximum atomic E-state index is 13.1. The second kappa shape index (κ2) is 9.06. The van der Waals surface area contributed by atoms with E-state index in [1.807, 2.05) is 12.1 Å². The second-order valence-corrected chi connectivity index (χ2v) is 8.34. The molecular formula is C22H22BrFN4O2. The second-order valence-electron chi connectivity index (χ2n) is 7.42. The van der Waals surface area contributed by atoms with E-state index in [-0.39, 0.29) is 24.1 Å². The molecule has 2 heterocycles. The number of carbonyl (C=O) groups is 2. The molecule has 4 rings (SSSR count). The molecule has 6 nitrogen and oxygen atoms in total. The van der Waals surface area contributed by atoms with E-state index in [0.29, 0.717) is 30.9 Å². The van der Waals surface area contributed by atoms with Gasteiger partial charge in [-0.15, -0.1) is 0 Å². The van der Waals surface area contributed by atoms with Crippen molar-refractivity contribution in [1.29, 1.82) is 0 Å². The molecule has 1 saturated heterocycles. The first-order valence-electron chi connectivity index (χ1n) is 9.92. The summed E-state index contributed by atoms with van der Waals surface area (Å²) in [6.45, 7) is 3.42. The zero-order valence-electron chi connectivity index (χ0n) is 16.4. The quantitative estimate of drug-likeness (QED) is 0.684. The van der Waals surface area contributed by atoms with Gasteiger partial charge in [-0.3, -0.25) is 14.5 Å². The summed E-state index contributed by atoms with van der Waals surface area (Å²) in [4.78, 5) is 29.3. The van der Waals surface area contributed by atoms with Crippen LogP contribution in [-0.4, -0.2) is 53.5 Å². The highest BCUT2D eigenvalue weighted by Gasteiger charge is 2.30. The van der Waals surface area contributed by atoms with Crippen molar-refractivity contribution in [3.8, 4) is 0 Å². The number of halogens is 2. The predicted molar refractivity (Wildman–Crippen MR) is 117 cm³/mol. The first-order valence-corrected chi connectivity index (χ1v) is 10.7. The molecule has 0 spiro atoms. The van der Waals surface area contributed by atoms with Gasteiger partial charge in [0.15, 0.2) is 0 Å². The van der Waals surface area contributed by atoms with Crippen molar-refractivity contribution in [1.82, 2.24) is 9.80 Å². The van der Waals surface area contributed by atoms with Crippen molar-refractivity contribution in [3.63, 3.8) is 0 Å². The molecule has 0 aromatic heterocycles. The van der Waals surface area contributed by atoms with Gasteiger partial charge in [-0.1, -0.05) is 28.1 Å². The number of anilines is 1. The van der Waals surface area contributed by atoms with Gasteiger partial charge in [0.25, 0.3) is 5.91 Å². The first kappa shape index (κ1) is 20.7. The molecule has 0 atom stereocenters. The number of piperazine rings is 1. The van der Waals surface area contributed by atoms with Gasteiger partial charge >= 0.3 is 0 Å². The van der Waals surface area contributed by atoms with Crippen molar-refractivity contribution < 1.29 is 14.0 Å². The molecule has 2 aliphatic rings. The number of nitrogens with zero attached hydrogens (tertiary/aromatic N) is 4. The van der Waals surface area contributed by atoms with Gasteiger partial charge in [0, 0.05) is 50.0 Å². The Kier molecular flexibility index (Phi) is 6.24. The van der Waals surface area contributed by atoms with Crippen LogP contribution in [-0.2, 0) is 16.1 Å². The van der Waals surface area contributed by atoms with Gasteiger partial charge in [0.1, 0.15) is 11.5 Å². The molecule has 2 aliphatic heterocycles. The van der Waals surface area contributed by atoms with Crippen LogP contribution in [0.15, 0.2) is 58.1 Å². The van der Waals surface area contributed by atoms with Gasteiger partial charge < -0.3 is 4.90 Å². The molecule has 0 bridgehead atoms. The van der Waals surface area contributed by atoms with E-state index >= 15 is 0 Å². The normalized spacial score (nSPS) is 17.8. The van der Waals surface area contributed by atoms with Crippen LogP contribution in [0, 0.1) is 5.82 Å². The van der Waals surface area contributed by atoms with Crippen LogP contribution in [0.25, 0.3) is 0 Å². The van der Waals surface area contributed by atoms with Crippen molar-refractivity contribution in [2.45, 2.75) is 19.4 Å². The molecule has 1 fully saturated rings. The van der Waals surface area contributed by atoms with Crippen LogP contribution < -0.4 is 5.01 Å². The number of carbonyl (C=O) groups excluding carboxylic acids is 2. The van der Waals surface area contributed by atoms with Gasteiger partial charge in [-0.2, -0.15) is 5.10 Å². The van der Waals surface area contributed by atoms with Crippen LogP contribution in [0.5, 0.6) is 0 Å². The topological polar surface area (TPSA) is 56.2 Å². The number of amides is 2. The molecule has 0 N–H and O–H groups in total. The summed E-state index contributed by atoms with van der Waals surface area (Å²) < 4.78 is 14.0. The zero-order valence-corrected chi connectivity index (χ0v) is 18.0. The van der Waals surface area contributed by atoms with Crippen molar-refractivity contribution >= 4 is 39.1 Å².